The van der Waals surface area contributed by atoms with Gasteiger partial charge in [0, 0.05) is 18.9 Å². The molecule has 1 aliphatic rings. The fourth-order valence-electron chi connectivity index (χ4n) is 2.82. The Morgan fingerprint density at radius 2 is 1.88 bits per heavy atom. The summed E-state index contributed by atoms with van der Waals surface area (Å²) >= 11 is 0. The lowest BCUT2D eigenvalue weighted by Crippen LogP contribution is -2.55. The molecule has 1 heterocycles. The van der Waals surface area contributed by atoms with Gasteiger partial charge in [0.2, 0.25) is 11.8 Å². The molecule has 0 fully saturated rings. The van der Waals surface area contributed by atoms with Crippen molar-refractivity contribution in [2.24, 2.45) is 5.92 Å². The highest BCUT2D eigenvalue weighted by Crippen LogP contribution is 2.25. The van der Waals surface area contributed by atoms with Crippen LogP contribution in [0.3, 0.4) is 0 Å². The molecule has 0 radical (unpaired) electrons. The first kappa shape index (κ1) is 18.0. The maximum absolute atomic E-state index is 12.7. The Morgan fingerprint density at radius 3 is 2.46 bits per heavy atom. The molecule has 0 saturated carbocycles. The monoisotopic (exact) mass is 332 g/mol. The van der Waals surface area contributed by atoms with Crippen molar-refractivity contribution in [1.82, 2.24) is 10.2 Å². The minimum Gasteiger partial charge on any atom is -0.480 e. The van der Waals surface area contributed by atoms with E-state index in [2.05, 4.69) is 5.32 Å². The van der Waals surface area contributed by atoms with Gasteiger partial charge in [0.25, 0.3) is 0 Å². The normalized spacial score (nSPS) is 19.1. The summed E-state index contributed by atoms with van der Waals surface area (Å²) in [5.74, 6) is -1.77. The average Bonchev–Trinajstić information content (AvgIpc) is 2.58. The van der Waals surface area contributed by atoms with Gasteiger partial charge in [-0.2, -0.15) is 0 Å². The van der Waals surface area contributed by atoms with Crippen molar-refractivity contribution in [2.75, 3.05) is 0 Å². The Kier molecular flexibility index (Phi) is 5.59. The van der Waals surface area contributed by atoms with Crippen LogP contribution in [0.5, 0.6) is 0 Å². The molecule has 24 heavy (non-hydrogen) atoms. The number of nitrogens with zero attached hydrogens (tertiary/aromatic N) is 1. The number of fused-ring (bicyclic) bond motifs is 1. The SMILES string of the molecule is CCC(C)C(=O)N1Cc2ccccc2CC1C(=O)NC(C)C(=O)O. The smallest absolute Gasteiger partial charge is 0.325 e. The van der Waals surface area contributed by atoms with E-state index in [1.54, 1.807) is 4.90 Å². The molecule has 6 heteroatoms. The zero-order valence-corrected chi connectivity index (χ0v) is 14.3. The van der Waals surface area contributed by atoms with Crippen molar-refractivity contribution in [3.63, 3.8) is 0 Å². The van der Waals surface area contributed by atoms with Crippen LogP contribution in [-0.4, -0.2) is 39.9 Å². The van der Waals surface area contributed by atoms with Gasteiger partial charge in [0.15, 0.2) is 0 Å². The number of benzene rings is 1. The predicted octanol–water partition coefficient (Wildman–Crippen LogP) is 1.58. The van der Waals surface area contributed by atoms with E-state index in [-0.39, 0.29) is 11.8 Å². The van der Waals surface area contributed by atoms with Gasteiger partial charge in [0.1, 0.15) is 12.1 Å². The van der Waals surface area contributed by atoms with Crippen molar-refractivity contribution in [3.05, 3.63) is 35.4 Å². The van der Waals surface area contributed by atoms with Crippen LogP contribution in [0.15, 0.2) is 24.3 Å². The molecule has 0 spiro atoms. The molecule has 3 unspecified atom stereocenters. The van der Waals surface area contributed by atoms with E-state index < -0.39 is 24.0 Å². The number of aliphatic carboxylic acids is 1. The number of carboxylic acids is 1. The van der Waals surface area contributed by atoms with Crippen molar-refractivity contribution < 1.29 is 19.5 Å². The van der Waals surface area contributed by atoms with Crippen molar-refractivity contribution >= 4 is 17.8 Å². The quantitative estimate of drug-likeness (QED) is 0.857. The van der Waals surface area contributed by atoms with Crippen molar-refractivity contribution in [3.8, 4) is 0 Å². The largest absolute Gasteiger partial charge is 0.480 e. The summed E-state index contributed by atoms with van der Waals surface area (Å²) in [4.78, 5) is 37.9. The van der Waals surface area contributed by atoms with E-state index in [4.69, 9.17) is 5.11 Å². The van der Waals surface area contributed by atoms with Gasteiger partial charge in [-0.05, 0) is 24.5 Å². The number of carbonyl (C=O) groups is 3. The maximum atomic E-state index is 12.7. The number of hydrogen-bond donors (Lipinski definition) is 2. The van der Waals surface area contributed by atoms with Gasteiger partial charge in [0.05, 0.1) is 0 Å². The molecule has 6 nitrogen and oxygen atoms in total. The number of carbonyl (C=O) groups excluding carboxylic acids is 2. The molecule has 2 amide bonds. The number of hydrogen-bond acceptors (Lipinski definition) is 3. The lowest BCUT2D eigenvalue weighted by molar-refractivity contribution is -0.146. The van der Waals surface area contributed by atoms with Crippen LogP contribution in [0.2, 0.25) is 0 Å². The third-order valence-electron chi connectivity index (χ3n) is 4.60. The minimum absolute atomic E-state index is 0.0740. The summed E-state index contributed by atoms with van der Waals surface area (Å²) in [5, 5.41) is 11.5. The number of amides is 2. The molecule has 0 aliphatic carbocycles. The standard InChI is InChI=1S/C18H24N2O4/c1-4-11(2)17(22)20-10-14-8-6-5-7-13(14)9-15(20)16(21)19-12(3)18(23)24/h5-8,11-12,15H,4,9-10H2,1-3H3,(H,19,21)(H,23,24). The second-order valence-corrected chi connectivity index (χ2v) is 6.33. The lowest BCUT2D eigenvalue weighted by atomic mass is 9.92. The molecule has 0 saturated heterocycles. The fraction of sp³-hybridized carbons (Fsp3) is 0.500. The van der Waals surface area contributed by atoms with Crippen LogP contribution < -0.4 is 5.32 Å². The van der Waals surface area contributed by atoms with Crippen LogP contribution in [-0.2, 0) is 27.3 Å². The molecule has 1 aromatic carbocycles. The van der Waals surface area contributed by atoms with E-state index in [0.29, 0.717) is 19.4 Å². The predicted molar refractivity (Wildman–Crippen MR) is 89.2 cm³/mol. The zero-order chi connectivity index (χ0) is 17.9. The van der Waals surface area contributed by atoms with Crippen LogP contribution in [0.1, 0.15) is 38.3 Å². The van der Waals surface area contributed by atoms with Gasteiger partial charge in [-0.25, -0.2) is 0 Å². The van der Waals surface area contributed by atoms with E-state index in [1.807, 2.05) is 38.1 Å². The summed E-state index contributed by atoms with van der Waals surface area (Å²) in [6.07, 6.45) is 1.09. The van der Waals surface area contributed by atoms with E-state index >= 15 is 0 Å². The van der Waals surface area contributed by atoms with Gasteiger partial charge >= 0.3 is 5.97 Å². The van der Waals surface area contributed by atoms with Crippen LogP contribution >= 0.6 is 0 Å². The van der Waals surface area contributed by atoms with Gasteiger partial charge in [-0.15, -0.1) is 0 Å². The Labute approximate surface area is 141 Å². The molecular formula is C18H24N2O4. The fourth-order valence-corrected chi connectivity index (χ4v) is 2.82. The molecule has 0 bridgehead atoms. The average molecular weight is 332 g/mol. The molecule has 3 atom stereocenters. The highest BCUT2D eigenvalue weighted by Gasteiger charge is 2.36. The summed E-state index contributed by atoms with van der Waals surface area (Å²) < 4.78 is 0. The Morgan fingerprint density at radius 1 is 1.25 bits per heavy atom. The van der Waals surface area contributed by atoms with E-state index in [9.17, 15) is 14.4 Å². The second-order valence-electron chi connectivity index (χ2n) is 6.33. The summed E-state index contributed by atoms with van der Waals surface area (Å²) in [5.41, 5.74) is 2.05. The van der Waals surface area contributed by atoms with Crippen LogP contribution in [0, 0.1) is 5.92 Å². The zero-order valence-electron chi connectivity index (χ0n) is 14.3. The molecule has 0 aromatic heterocycles. The van der Waals surface area contributed by atoms with E-state index in [1.165, 1.54) is 6.92 Å². The molecular weight excluding hydrogens is 308 g/mol. The number of carboxylic acid groups (broad SMARTS) is 1. The lowest BCUT2D eigenvalue weighted by Gasteiger charge is -2.37. The number of nitrogens with one attached hydrogen (secondary N) is 1. The highest BCUT2D eigenvalue weighted by molar-refractivity contribution is 5.91. The number of rotatable bonds is 5. The molecule has 1 aliphatic heterocycles. The van der Waals surface area contributed by atoms with Gasteiger partial charge < -0.3 is 15.3 Å². The Balaban J connectivity index is 2.28. The maximum Gasteiger partial charge on any atom is 0.325 e. The summed E-state index contributed by atoms with van der Waals surface area (Å²) in [7, 11) is 0. The molecule has 1 aromatic rings. The first-order valence-corrected chi connectivity index (χ1v) is 8.25. The van der Waals surface area contributed by atoms with Crippen molar-refractivity contribution in [2.45, 2.75) is 52.2 Å². The topological polar surface area (TPSA) is 86.7 Å². The third-order valence-corrected chi connectivity index (χ3v) is 4.60. The molecule has 130 valence electrons. The molecule has 2 N–H and O–H groups in total. The second kappa shape index (κ2) is 7.47. The van der Waals surface area contributed by atoms with E-state index in [0.717, 1.165) is 11.1 Å². The highest BCUT2D eigenvalue weighted by atomic mass is 16.4. The van der Waals surface area contributed by atoms with Gasteiger partial charge in [-0.1, -0.05) is 38.1 Å². The first-order valence-electron chi connectivity index (χ1n) is 8.25. The minimum atomic E-state index is -1.10. The summed E-state index contributed by atoms with van der Waals surface area (Å²) in [6.45, 7) is 5.57. The van der Waals surface area contributed by atoms with Gasteiger partial charge in [-0.3, -0.25) is 14.4 Å². The third kappa shape index (κ3) is 3.75. The Bertz CT molecular complexity index is 644. The molecule has 2 rings (SSSR count). The first-order chi connectivity index (χ1) is 11.3. The van der Waals surface area contributed by atoms with Crippen molar-refractivity contribution in [1.29, 1.82) is 0 Å². The Hall–Kier alpha value is -2.37. The van der Waals surface area contributed by atoms with Crippen LogP contribution in [0.4, 0.5) is 0 Å². The summed E-state index contributed by atoms with van der Waals surface area (Å²) in [6, 6.07) is 6.05. The van der Waals surface area contributed by atoms with Crippen LogP contribution in [0.25, 0.3) is 0 Å².